The van der Waals surface area contributed by atoms with Crippen LogP contribution < -0.4 is 5.32 Å². The number of halogens is 3. The molecule has 1 aromatic rings. The Kier molecular flexibility index (Phi) is 4.89. The molecule has 1 heterocycles. The number of aliphatic hydroxyl groups is 1. The van der Waals surface area contributed by atoms with Crippen molar-refractivity contribution in [1.29, 1.82) is 0 Å². The van der Waals surface area contributed by atoms with Gasteiger partial charge in [0.15, 0.2) is 0 Å². The second-order valence-electron chi connectivity index (χ2n) is 4.66. The smallest absolute Gasteiger partial charge is 0.289 e. The number of hydrogen-bond acceptors (Lipinski definition) is 3. The summed E-state index contributed by atoms with van der Waals surface area (Å²) in [6.45, 7) is 1.34. The quantitative estimate of drug-likeness (QED) is 0.884. The van der Waals surface area contributed by atoms with Gasteiger partial charge >= 0.3 is 0 Å². The van der Waals surface area contributed by atoms with Crippen LogP contribution in [0.4, 0.5) is 8.78 Å². The normalized spacial score (nSPS) is 19.4. The van der Waals surface area contributed by atoms with Gasteiger partial charge in [-0.25, -0.2) is 8.78 Å². The number of nitrogens with one attached hydrogen (secondary N) is 1. The maximum absolute atomic E-state index is 14.1. The molecule has 6 heteroatoms. The molecule has 2 rings (SSSR count). The summed E-state index contributed by atoms with van der Waals surface area (Å²) in [7, 11) is 0. The maximum Gasteiger partial charge on any atom is 0.289 e. The van der Waals surface area contributed by atoms with E-state index in [1.165, 1.54) is 0 Å². The van der Waals surface area contributed by atoms with E-state index in [1.54, 1.807) is 29.2 Å². The molecule has 19 heavy (non-hydrogen) atoms. The highest BCUT2D eigenvalue weighted by molar-refractivity contribution is 9.10. The van der Waals surface area contributed by atoms with Crippen LogP contribution in [-0.4, -0.2) is 48.7 Å². The molecule has 1 saturated heterocycles. The van der Waals surface area contributed by atoms with Gasteiger partial charge in [0.2, 0.25) is 0 Å². The molecular formula is C13H17BrF2N2O. The first kappa shape index (κ1) is 14.8. The summed E-state index contributed by atoms with van der Waals surface area (Å²) in [5, 5.41) is 12.2. The Balaban J connectivity index is 2.30. The standard InChI is InChI=1S/C13H17BrF2N2O/c14-11-3-1-10(2-4-11)12(13(15,16)9-19)18-7-5-17-6-8-18/h1-4,12,17,19H,5-9H2/t12-/m0/s1. The Labute approximate surface area is 119 Å². The van der Waals surface area contributed by atoms with E-state index in [2.05, 4.69) is 21.2 Å². The van der Waals surface area contributed by atoms with Crippen LogP contribution in [0.5, 0.6) is 0 Å². The van der Waals surface area contributed by atoms with Gasteiger partial charge in [-0.3, -0.25) is 4.90 Å². The topological polar surface area (TPSA) is 35.5 Å². The van der Waals surface area contributed by atoms with E-state index in [-0.39, 0.29) is 0 Å². The summed E-state index contributed by atoms with van der Waals surface area (Å²) < 4.78 is 29.0. The number of rotatable bonds is 4. The van der Waals surface area contributed by atoms with E-state index < -0.39 is 18.6 Å². The fourth-order valence-electron chi connectivity index (χ4n) is 2.39. The summed E-state index contributed by atoms with van der Waals surface area (Å²) in [6.07, 6.45) is 0. The SMILES string of the molecule is OCC(F)(F)[C@H](c1ccc(Br)cc1)N1CCNCC1. The van der Waals surface area contributed by atoms with Crippen molar-refractivity contribution < 1.29 is 13.9 Å². The van der Waals surface area contributed by atoms with Crippen molar-refractivity contribution in [2.24, 2.45) is 0 Å². The monoisotopic (exact) mass is 334 g/mol. The molecule has 0 unspecified atom stereocenters. The first-order valence-electron chi connectivity index (χ1n) is 6.23. The van der Waals surface area contributed by atoms with Crippen LogP contribution in [-0.2, 0) is 0 Å². The van der Waals surface area contributed by atoms with Crippen LogP contribution in [0.3, 0.4) is 0 Å². The minimum Gasteiger partial charge on any atom is -0.390 e. The molecule has 0 aromatic heterocycles. The first-order chi connectivity index (χ1) is 9.04. The van der Waals surface area contributed by atoms with Crippen molar-refractivity contribution in [2.45, 2.75) is 12.0 Å². The third-order valence-corrected chi connectivity index (χ3v) is 3.84. The van der Waals surface area contributed by atoms with Gasteiger partial charge in [-0.1, -0.05) is 28.1 Å². The predicted octanol–water partition coefficient (Wildman–Crippen LogP) is 2.02. The highest BCUT2D eigenvalue weighted by atomic mass is 79.9. The number of nitrogens with zero attached hydrogens (tertiary/aromatic N) is 1. The molecule has 2 N–H and O–H groups in total. The van der Waals surface area contributed by atoms with Gasteiger partial charge in [-0.2, -0.15) is 0 Å². The summed E-state index contributed by atoms with van der Waals surface area (Å²) in [6, 6.07) is 5.78. The molecule has 1 aliphatic rings. The highest BCUT2D eigenvalue weighted by Crippen LogP contribution is 2.36. The van der Waals surface area contributed by atoms with Crippen molar-refractivity contribution in [1.82, 2.24) is 10.2 Å². The average molecular weight is 335 g/mol. The summed E-state index contributed by atoms with van der Waals surface area (Å²) >= 11 is 3.30. The number of hydrogen-bond donors (Lipinski definition) is 2. The minimum atomic E-state index is -3.15. The molecule has 0 spiro atoms. The Morgan fingerprint density at radius 2 is 1.84 bits per heavy atom. The Morgan fingerprint density at radius 1 is 1.26 bits per heavy atom. The van der Waals surface area contributed by atoms with E-state index in [4.69, 9.17) is 5.11 Å². The average Bonchev–Trinajstić information content (AvgIpc) is 2.42. The zero-order valence-electron chi connectivity index (χ0n) is 10.5. The van der Waals surface area contributed by atoms with Gasteiger partial charge in [0.05, 0.1) is 0 Å². The minimum absolute atomic E-state index is 0.532. The van der Waals surface area contributed by atoms with E-state index in [0.717, 1.165) is 4.47 Å². The van der Waals surface area contributed by atoms with Gasteiger partial charge in [0.25, 0.3) is 5.92 Å². The van der Waals surface area contributed by atoms with E-state index in [9.17, 15) is 8.78 Å². The summed E-state index contributed by atoms with van der Waals surface area (Å²) in [4.78, 5) is 1.73. The van der Waals surface area contributed by atoms with Gasteiger partial charge in [-0.05, 0) is 17.7 Å². The van der Waals surface area contributed by atoms with Crippen molar-refractivity contribution in [3.05, 3.63) is 34.3 Å². The second-order valence-corrected chi connectivity index (χ2v) is 5.57. The molecule has 3 nitrogen and oxygen atoms in total. The molecule has 0 radical (unpaired) electrons. The van der Waals surface area contributed by atoms with Gasteiger partial charge in [-0.15, -0.1) is 0 Å². The van der Waals surface area contributed by atoms with Crippen LogP contribution in [0, 0.1) is 0 Å². The number of piperazine rings is 1. The lowest BCUT2D eigenvalue weighted by Crippen LogP contribution is -2.51. The Morgan fingerprint density at radius 3 is 2.37 bits per heavy atom. The van der Waals surface area contributed by atoms with Crippen LogP contribution in [0.25, 0.3) is 0 Å². The second kappa shape index (κ2) is 6.26. The van der Waals surface area contributed by atoms with Crippen LogP contribution in [0.1, 0.15) is 11.6 Å². The number of alkyl halides is 2. The highest BCUT2D eigenvalue weighted by Gasteiger charge is 2.43. The number of aliphatic hydroxyl groups excluding tert-OH is 1. The van der Waals surface area contributed by atoms with Gasteiger partial charge < -0.3 is 10.4 Å². The van der Waals surface area contributed by atoms with Crippen LogP contribution in [0.15, 0.2) is 28.7 Å². The summed E-state index contributed by atoms with van der Waals surface area (Å²) in [5.41, 5.74) is 0.532. The largest absolute Gasteiger partial charge is 0.390 e. The fraction of sp³-hybridized carbons (Fsp3) is 0.538. The van der Waals surface area contributed by atoms with Crippen LogP contribution >= 0.6 is 15.9 Å². The lowest BCUT2D eigenvalue weighted by Gasteiger charge is -2.38. The Bertz CT molecular complexity index is 408. The van der Waals surface area contributed by atoms with Crippen molar-refractivity contribution >= 4 is 15.9 Å². The molecule has 0 saturated carbocycles. The third-order valence-electron chi connectivity index (χ3n) is 3.31. The van der Waals surface area contributed by atoms with E-state index in [1.807, 2.05) is 0 Å². The molecule has 0 amide bonds. The Hall–Kier alpha value is -0.560. The molecule has 0 bridgehead atoms. The lowest BCUT2D eigenvalue weighted by atomic mass is 9.98. The first-order valence-corrected chi connectivity index (χ1v) is 7.03. The molecular weight excluding hydrogens is 318 g/mol. The summed E-state index contributed by atoms with van der Waals surface area (Å²) in [5.74, 6) is -3.15. The lowest BCUT2D eigenvalue weighted by molar-refractivity contribution is -0.118. The van der Waals surface area contributed by atoms with Crippen molar-refractivity contribution in [3.63, 3.8) is 0 Å². The zero-order valence-corrected chi connectivity index (χ0v) is 12.0. The van der Waals surface area contributed by atoms with Crippen LogP contribution in [0.2, 0.25) is 0 Å². The molecule has 1 fully saturated rings. The molecule has 106 valence electrons. The van der Waals surface area contributed by atoms with Gasteiger partial charge in [0, 0.05) is 30.7 Å². The molecule has 1 atom stereocenters. The predicted molar refractivity (Wildman–Crippen MR) is 73.4 cm³/mol. The van der Waals surface area contributed by atoms with E-state index >= 15 is 0 Å². The maximum atomic E-state index is 14.1. The van der Waals surface area contributed by atoms with Crippen molar-refractivity contribution in [2.75, 3.05) is 32.8 Å². The fourth-order valence-corrected chi connectivity index (χ4v) is 2.66. The third kappa shape index (κ3) is 3.51. The zero-order chi connectivity index (χ0) is 13.9. The van der Waals surface area contributed by atoms with E-state index in [0.29, 0.717) is 31.7 Å². The molecule has 1 aromatic carbocycles. The molecule has 0 aliphatic carbocycles. The van der Waals surface area contributed by atoms with Gasteiger partial charge in [0.1, 0.15) is 12.6 Å². The molecule has 1 aliphatic heterocycles. The number of benzene rings is 1. The van der Waals surface area contributed by atoms with Crippen molar-refractivity contribution in [3.8, 4) is 0 Å².